The molecule has 2 heterocycles. The molecule has 27 heavy (non-hydrogen) atoms. The molecule has 4 nitrogen and oxygen atoms in total. The first-order valence-electron chi connectivity index (χ1n) is 8.62. The summed E-state index contributed by atoms with van der Waals surface area (Å²) in [7, 11) is 0. The Labute approximate surface area is 159 Å². The first-order chi connectivity index (χ1) is 13.3. The number of aromatic amines is 2. The molecule has 0 unspecified atom stereocenters. The molecule has 0 bridgehead atoms. The van der Waals surface area contributed by atoms with Crippen molar-refractivity contribution in [2.24, 2.45) is 0 Å². The summed E-state index contributed by atoms with van der Waals surface area (Å²) in [6.45, 7) is 0. The monoisotopic (exact) mass is 369 g/mol. The number of benzene rings is 3. The summed E-state index contributed by atoms with van der Waals surface area (Å²) < 4.78 is 0. The van der Waals surface area contributed by atoms with Crippen LogP contribution in [0.1, 0.15) is 0 Å². The van der Waals surface area contributed by atoms with Crippen LogP contribution in [0, 0.1) is 0 Å². The third-order valence-electron chi connectivity index (χ3n) is 4.51. The highest BCUT2D eigenvalue weighted by atomic mass is 32.2. The van der Waals surface area contributed by atoms with E-state index in [2.05, 4.69) is 15.0 Å². The maximum atomic E-state index is 12.9. The number of nitrogens with zero attached hydrogens (tertiary/aromatic N) is 1. The highest BCUT2D eigenvalue weighted by Gasteiger charge is 2.17. The molecule has 0 amide bonds. The number of hydrogen-bond acceptors (Lipinski definition) is 3. The SMILES string of the molecule is O=c1[nH]c2ccccc2c(-c2ccccc2)c1Sc1nc2ccccc2[nH]1. The van der Waals surface area contributed by atoms with Gasteiger partial charge in [-0.2, -0.15) is 0 Å². The average Bonchev–Trinajstić information content (AvgIpc) is 3.12. The van der Waals surface area contributed by atoms with Crippen molar-refractivity contribution < 1.29 is 0 Å². The van der Waals surface area contributed by atoms with Gasteiger partial charge in [-0.25, -0.2) is 4.98 Å². The summed E-state index contributed by atoms with van der Waals surface area (Å²) in [5.74, 6) is 0. The fourth-order valence-corrected chi connectivity index (χ4v) is 4.26. The number of para-hydroxylation sites is 3. The molecule has 0 fully saturated rings. The Hall–Kier alpha value is -3.31. The van der Waals surface area contributed by atoms with Crippen LogP contribution >= 0.6 is 11.8 Å². The van der Waals surface area contributed by atoms with Crippen LogP contribution in [-0.4, -0.2) is 15.0 Å². The number of aromatic nitrogens is 3. The van der Waals surface area contributed by atoms with Crippen LogP contribution in [0.15, 0.2) is 93.7 Å². The van der Waals surface area contributed by atoms with Crippen molar-refractivity contribution in [2.45, 2.75) is 10.1 Å². The number of hydrogen-bond donors (Lipinski definition) is 2. The highest BCUT2D eigenvalue weighted by molar-refractivity contribution is 7.99. The highest BCUT2D eigenvalue weighted by Crippen LogP contribution is 2.37. The maximum absolute atomic E-state index is 12.9. The minimum Gasteiger partial charge on any atom is -0.333 e. The second-order valence-corrected chi connectivity index (χ2v) is 7.23. The van der Waals surface area contributed by atoms with E-state index >= 15 is 0 Å². The molecule has 0 aliphatic heterocycles. The van der Waals surface area contributed by atoms with Crippen molar-refractivity contribution in [3.63, 3.8) is 0 Å². The lowest BCUT2D eigenvalue weighted by molar-refractivity contribution is 1.07. The molecule has 0 aliphatic rings. The molecule has 2 aromatic heterocycles. The molecular weight excluding hydrogens is 354 g/mol. The Kier molecular flexibility index (Phi) is 3.80. The Bertz CT molecular complexity index is 1290. The van der Waals surface area contributed by atoms with Crippen molar-refractivity contribution in [2.75, 3.05) is 0 Å². The number of fused-ring (bicyclic) bond motifs is 2. The van der Waals surface area contributed by atoms with Crippen molar-refractivity contribution in [3.05, 3.63) is 89.2 Å². The van der Waals surface area contributed by atoms with Crippen LogP contribution in [0.4, 0.5) is 0 Å². The maximum Gasteiger partial charge on any atom is 0.263 e. The van der Waals surface area contributed by atoms with Gasteiger partial charge in [0.2, 0.25) is 0 Å². The van der Waals surface area contributed by atoms with Gasteiger partial charge in [-0.15, -0.1) is 0 Å². The van der Waals surface area contributed by atoms with Crippen LogP contribution < -0.4 is 5.56 Å². The van der Waals surface area contributed by atoms with E-state index in [1.807, 2.05) is 78.9 Å². The van der Waals surface area contributed by atoms with E-state index in [0.717, 1.165) is 33.1 Å². The van der Waals surface area contributed by atoms with E-state index in [4.69, 9.17) is 0 Å². The van der Waals surface area contributed by atoms with Crippen LogP contribution in [0.25, 0.3) is 33.1 Å². The van der Waals surface area contributed by atoms with Crippen LogP contribution in [0.3, 0.4) is 0 Å². The predicted octanol–water partition coefficient (Wildman–Crippen LogP) is 5.22. The molecule has 0 radical (unpaired) electrons. The Balaban J connectivity index is 1.75. The van der Waals surface area contributed by atoms with Crippen molar-refractivity contribution >= 4 is 33.7 Å². The lowest BCUT2D eigenvalue weighted by Gasteiger charge is -2.11. The summed E-state index contributed by atoms with van der Waals surface area (Å²) in [4.78, 5) is 24.5. The summed E-state index contributed by atoms with van der Waals surface area (Å²) in [6, 6.07) is 25.8. The summed E-state index contributed by atoms with van der Waals surface area (Å²) in [5.41, 5.74) is 4.50. The fraction of sp³-hybridized carbons (Fsp3) is 0. The minimum atomic E-state index is -0.113. The van der Waals surface area contributed by atoms with Crippen LogP contribution in [0.2, 0.25) is 0 Å². The Morgan fingerprint density at radius 3 is 2.26 bits per heavy atom. The minimum absolute atomic E-state index is 0.113. The quantitative estimate of drug-likeness (QED) is 0.458. The van der Waals surface area contributed by atoms with Gasteiger partial charge in [0.1, 0.15) is 0 Å². The lowest BCUT2D eigenvalue weighted by atomic mass is 10.0. The van der Waals surface area contributed by atoms with Gasteiger partial charge in [0.25, 0.3) is 5.56 Å². The molecule has 5 heteroatoms. The van der Waals surface area contributed by atoms with E-state index in [0.29, 0.717) is 10.1 Å². The van der Waals surface area contributed by atoms with Crippen LogP contribution in [-0.2, 0) is 0 Å². The molecule has 3 aromatic carbocycles. The molecule has 130 valence electrons. The molecule has 5 rings (SSSR count). The number of rotatable bonds is 3. The zero-order chi connectivity index (χ0) is 18.2. The van der Waals surface area contributed by atoms with E-state index < -0.39 is 0 Å². The topological polar surface area (TPSA) is 61.5 Å². The first kappa shape index (κ1) is 15.9. The Morgan fingerprint density at radius 2 is 1.44 bits per heavy atom. The molecule has 5 aromatic rings. The largest absolute Gasteiger partial charge is 0.333 e. The number of pyridine rings is 1. The third kappa shape index (κ3) is 2.82. The van der Waals surface area contributed by atoms with Crippen LogP contribution in [0.5, 0.6) is 0 Å². The summed E-state index contributed by atoms with van der Waals surface area (Å²) in [6.07, 6.45) is 0. The van der Waals surface area contributed by atoms with E-state index in [9.17, 15) is 4.79 Å². The van der Waals surface area contributed by atoms with Gasteiger partial charge in [-0.05, 0) is 35.5 Å². The first-order valence-corrected chi connectivity index (χ1v) is 9.44. The smallest absolute Gasteiger partial charge is 0.263 e. The summed E-state index contributed by atoms with van der Waals surface area (Å²) >= 11 is 1.37. The molecule has 0 saturated heterocycles. The van der Waals surface area contributed by atoms with Gasteiger partial charge in [0.05, 0.1) is 15.9 Å². The standard InChI is InChI=1S/C22H15N3OS/c26-21-20(27-22-24-17-12-6-7-13-18(17)25-22)19(14-8-2-1-3-9-14)15-10-4-5-11-16(15)23-21/h1-13H,(H,23,26)(H,24,25). The molecule has 2 N–H and O–H groups in total. The molecule has 0 spiro atoms. The zero-order valence-electron chi connectivity index (χ0n) is 14.3. The summed E-state index contributed by atoms with van der Waals surface area (Å²) in [5, 5.41) is 1.72. The molecule has 0 aliphatic carbocycles. The molecular formula is C22H15N3OS. The van der Waals surface area contributed by atoms with Gasteiger partial charge in [0.15, 0.2) is 5.16 Å². The van der Waals surface area contributed by atoms with Crippen molar-refractivity contribution in [1.29, 1.82) is 0 Å². The zero-order valence-corrected chi connectivity index (χ0v) is 15.1. The van der Waals surface area contributed by atoms with E-state index in [1.165, 1.54) is 11.8 Å². The van der Waals surface area contributed by atoms with Gasteiger partial charge in [0, 0.05) is 16.5 Å². The van der Waals surface area contributed by atoms with Gasteiger partial charge in [-0.1, -0.05) is 60.7 Å². The number of nitrogens with one attached hydrogen (secondary N) is 2. The Morgan fingerprint density at radius 1 is 0.741 bits per heavy atom. The number of H-pyrrole nitrogens is 2. The third-order valence-corrected chi connectivity index (χ3v) is 5.49. The molecule has 0 saturated carbocycles. The number of imidazole rings is 1. The van der Waals surface area contributed by atoms with Gasteiger partial charge in [-0.3, -0.25) is 4.79 Å². The average molecular weight is 369 g/mol. The fourth-order valence-electron chi connectivity index (χ4n) is 3.29. The second-order valence-electron chi connectivity index (χ2n) is 6.23. The van der Waals surface area contributed by atoms with Crippen molar-refractivity contribution in [3.8, 4) is 11.1 Å². The van der Waals surface area contributed by atoms with Gasteiger partial charge >= 0.3 is 0 Å². The second kappa shape index (κ2) is 6.45. The predicted molar refractivity (Wildman–Crippen MR) is 110 cm³/mol. The van der Waals surface area contributed by atoms with E-state index in [1.54, 1.807) is 0 Å². The van der Waals surface area contributed by atoms with Gasteiger partial charge < -0.3 is 9.97 Å². The molecule has 0 atom stereocenters. The lowest BCUT2D eigenvalue weighted by Crippen LogP contribution is -2.10. The normalized spacial score (nSPS) is 11.3. The van der Waals surface area contributed by atoms with E-state index in [-0.39, 0.29) is 5.56 Å². The van der Waals surface area contributed by atoms with Crippen molar-refractivity contribution in [1.82, 2.24) is 15.0 Å².